The average molecular weight is 470 g/mol. The second kappa shape index (κ2) is 10.2. The summed E-state index contributed by atoms with van der Waals surface area (Å²) in [5, 5.41) is 3.21. The molecule has 1 aliphatic rings. The van der Waals surface area contributed by atoms with Crippen molar-refractivity contribution in [2.24, 2.45) is 0 Å². The van der Waals surface area contributed by atoms with Gasteiger partial charge in [-0.1, -0.05) is 42.5 Å². The standard InChI is InChI=1S/C28H27N3O2S/c1-33-25-13-11-23(12-14-25)26-20-34-27(29-26)19-30-15-17-31(18-16-30)28(32)24-9-7-22(8-10-24)21-5-3-2-4-6-21/h2-14,20H,15-19H2,1H3. The smallest absolute Gasteiger partial charge is 0.253 e. The molecule has 1 fully saturated rings. The van der Waals surface area contributed by atoms with Crippen LogP contribution in [-0.4, -0.2) is 54.0 Å². The molecule has 1 saturated heterocycles. The van der Waals surface area contributed by atoms with Gasteiger partial charge in [-0.25, -0.2) is 4.98 Å². The summed E-state index contributed by atoms with van der Waals surface area (Å²) < 4.78 is 5.24. The lowest BCUT2D eigenvalue weighted by atomic mass is 10.0. The zero-order valence-corrected chi connectivity index (χ0v) is 20.0. The molecule has 34 heavy (non-hydrogen) atoms. The maximum atomic E-state index is 13.0. The number of carbonyl (C=O) groups is 1. The first-order chi connectivity index (χ1) is 16.7. The molecule has 2 heterocycles. The summed E-state index contributed by atoms with van der Waals surface area (Å²) in [5.74, 6) is 0.953. The van der Waals surface area contributed by atoms with E-state index in [-0.39, 0.29) is 5.91 Å². The van der Waals surface area contributed by atoms with Gasteiger partial charge in [0.1, 0.15) is 10.8 Å². The van der Waals surface area contributed by atoms with Crippen molar-refractivity contribution in [3.05, 3.63) is 94.8 Å². The van der Waals surface area contributed by atoms with Crippen LogP contribution in [0.5, 0.6) is 5.75 Å². The molecule has 0 aliphatic carbocycles. The van der Waals surface area contributed by atoms with E-state index in [2.05, 4.69) is 22.4 Å². The summed E-state index contributed by atoms with van der Waals surface area (Å²) in [6, 6.07) is 26.2. The predicted octanol–water partition coefficient (Wildman–Crippen LogP) is 5.44. The number of aromatic nitrogens is 1. The molecule has 0 N–H and O–H groups in total. The first-order valence-electron chi connectivity index (χ1n) is 11.5. The molecule has 0 radical (unpaired) electrons. The van der Waals surface area contributed by atoms with Gasteiger partial charge in [-0.3, -0.25) is 9.69 Å². The minimum atomic E-state index is 0.107. The Kier molecular flexibility index (Phi) is 6.70. The van der Waals surface area contributed by atoms with E-state index in [4.69, 9.17) is 9.72 Å². The number of hydrogen-bond donors (Lipinski definition) is 0. The minimum absolute atomic E-state index is 0.107. The van der Waals surface area contributed by atoms with Crippen molar-refractivity contribution in [2.75, 3.05) is 33.3 Å². The number of amides is 1. The van der Waals surface area contributed by atoms with Crippen molar-refractivity contribution in [1.29, 1.82) is 0 Å². The van der Waals surface area contributed by atoms with Crippen LogP contribution >= 0.6 is 11.3 Å². The van der Waals surface area contributed by atoms with Crippen molar-refractivity contribution in [2.45, 2.75) is 6.54 Å². The molecule has 5 nitrogen and oxygen atoms in total. The monoisotopic (exact) mass is 469 g/mol. The number of methoxy groups -OCH3 is 1. The highest BCUT2D eigenvalue weighted by atomic mass is 32.1. The molecule has 0 atom stereocenters. The Morgan fingerprint density at radius 1 is 0.853 bits per heavy atom. The van der Waals surface area contributed by atoms with Crippen LogP contribution < -0.4 is 4.74 Å². The molecule has 0 bridgehead atoms. The fraction of sp³-hybridized carbons (Fsp3) is 0.214. The van der Waals surface area contributed by atoms with Crippen molar-refractivity contribution in [3.8, 4) is 28.1 Å². The van der Waals surface area contributed by atoms with Crippen LogP contribution in [-0.2, 0) is 6.54 Å². The fourth-order valence-electron chi connectivity index (χ4n) is 4.20. The number of thiazole rings is 1. The second-order valence-corrected chi connectivity index (χ2v) is 9.31. The van der Waals surface area contributed by atoms with Gasteiger partial charge in [-0.15, -0.1) is 11.3 Å². The third kappa shape index (κ3) is 5.03. The van der Waals surface area contributed by atoms with Crippen LogP contribution in [0, 0.1) is 0 Å². The van der Waals surface area contributed by atoms with Gasteiger partial charge in [-0.05, 0) is 47.5 Å². The van der Waals surface area contributed by atoms with E-state index in [0.29, 0.717) is 0 Å². The molecule has 0 saturated carbocycles. The van der Waals surface area contributed by atoms with Gasteiger partial charge >= 0.3 is 0 Å². The van der Waals surface area contributed by atoms with Gasteiger partial charge < -0.3 is 9.64 Å². The number of ether oxygens (including phenoxy) is 1. The zero-order chi connectivity index (χ0) is 23.3. The molecule has 1 amide bonds. The normalized spacial score (nSPS) is 14.2. The number of benzene rings is 3. The van der Waals surface area contributed by atoms with Gasteiger partial charge in [0.05, 0.1) is 19.3 Å². The van der Waals surface area contributed by atoms with E-state index < -0.39 is 0 Å². The molecular weight excluding hydrogens is 442 g/mol. The minimum Gasteiger partial charge on any atom is -0.497 e. The maximum Gasteiger partial charge on any atom is 0.253 e. The molecule has 1 aliphatic heterocycles. The second-order valence-electron chi connectivity index (χ2n) is 8.37. The molecular formula is C28H27N3O2S. The number of rotatable bonds is 6. The average Bonchev–Trinajstić information content (AvgIpc) is 3.38. The van der Waals surface area contributed by atoms with Gasteiger partial charge in [-0.2, -0.15) is 0 Å². The summed E-state index contributed by atoms with van der Waals surface area (Å²) >= 11 is 1.69. The van der Waals surface area contributed by atoms with Crippen molar-refractivity contribution in [3.63, 3.8) is 0 Å². The first-order valence-corrected chi connectivity index (χ1v) is 12.3. The van der Waals surface area contributed by atoms with E-state index in [1.807, 2.05) is 71.6 Å². The van der Waals surface area contributed by atoms with Gasteiger partial charge in [0.15, 0.2) is 0 Å². The third-order valence-corrected chi connectivity index (χ3v) is 7.03. The van der Waals surface area contributed by atoms with E-state index in [0.717, 1.165) is 71.4 Å². The van der Waals surface area contributed by atoms with Crippen molar-refractivity contribution in [1.82, 2.24) is 14.8 Å². The zero-order valence-electron chi connectivity index (χ0n) is 19.2. The van der Waals surface area contributed by atoms with Crippen LogP contribution in [0.2, 0.25) is 0 Å². The van der Waals surface area contributed by atoms with Gasteiger partial charge in [0, 0.05) is 42.7 Å². The lowest BCUT2D eigenvalue weighted by Gasteiger charge is -2.34. The SMILES string of the molecule is COc1ccc(-c2csc(CN3CCN(C(=O)c4ccc(-c5ccccc5)cc4)CC3)n2)cc1. The summed E-state index contributed by atoms with van der Waals surface area (Å²) in [5.41, 5.74) is 5.12. The van der Waals surface area contributed by atoms with Gasteiger partial charge in [0.25, 0.3) is 5.91 Å². The topological polar surface area (TPSA) is 45.7 Å². The summed E-state index contributed by atoms with van der Waals surface area (Å²) in [4.78, 5) is 22.2. The van der Waals surface area contributed by atoms with Crippen LogP contribution in [0.25, 0.3) is 22.4 Å². The Labute approximate surface area is 204 Å². The van der Waals surface area contributed by atoms with Crippen LogP contribution in [0.3, 0.4) is 0 Å². The van der Waals surface area contributed by atoms with E-state index in [1.165, 1.54) is 0 Å². The Balaban J connectivity index is 1.15. The Hall–Kier alpha value is -3.48. The highest BCUT2D eigenvalue weighted by Crippen LogP contribution is 2.25. The highest BCUT2D eigenvalue weighted by molar-refractivity contribution is 7.09. The van der Waals surface area contributed by atoms with Crippen LogP contribution in [0.1, 0.15) is 15.4 Å². The number of piperazine rings is 1. The Morgan fingerprint density at radius 3 is 2.18 bits per heavy atom. The molecule has 0 unspecified atom stereocenters. The predicted molar refractivity (Wildman–Crippen MR) is 137 cm³/mol. The molecule has 172 valence electrons. The largest absolute Gasteiger partial charge is 0.497 e. The van der Waals surface area contributed by atoms with E-state index in [9.17, 15) is 4.79 Å². The lowest BCUT2D eigenvalue weighted by molar-refractivity contribution is 0.0628. The van der Waals surface area contributed by atoms with Crippen molar-refractivity contribution >= 4 is 17.2 Å². The Bertz CT molecular complexity index is 1230. The molecule has 1 aromatic heterocycles. The molecule has 4 aromatic rings. The molecule has 3 aromatic carbocycles. The highest BCUT2D eigenvalue weighted by Gasteiger charge is 2.23. The quantitative estimate of drug-likeness (QED) is 0.377. The lowest BCUT2D eigenvalue weighted by Crippen LogP contribution is -2.48. The number of nitrogens with zero attached hydrogens (tertiary/aromatic N) is 3. The fourth-order valence-corrected chi connectivity index (χ4v) is 5.04. The molecule has 0 spiro atoms. The maximum absolute atomic E-state index is 13.0. The van der Waals surface area contributed by atoms with Crippen LogP contribution in [0.4, 0.5) is 0 Å². The van der Waals surface area contributed by atoms with E-state index in [1.54, 1.807) is 18.4 Å². The number of carbonyl (C=O) groups excluding carboxylic acids is 1. The summed E-state index contributed by atoms with van der Waals surface area (Å²) in [7, 11) is 1.67. The number of hydrogen-bond acceptors (Lipinski definition) is 5. The third-order valence-electron chi connectivity index (χ3n) is 6.19. The van der Waals surface area contributed by atoms with Gasteiger partial charge in [0.2, 0.25) is 0 Å². The summed E-state index contributed by atoms with van der Waals surface area (Å²) in [6.07, 6.45) is 0. The first kappa shape index (κ1) is 22.3. The van der Waals surface area contributed by atoms with Crippen LogP contribution in [0.15, 0.2) is 84.2 Å². The van der Waals surface area contributed by atoms with E-state index >= 15 is 0 Å². The van der Waals surface area contributed by atoms with Crippen molar-refractivity contribution < 1.29 is 9.53 Å². The Morgan fingerprint density at radius 2 is 1.50 bits per heavy atom. The summed E-state index contributed by atoms with van der Waals surface area (Å²) in [6.45, 7) is 3.98. The molecule has 6 heteroatoms. The molecule has 5 rings (SSSR count).